The summed E-state index contributed by atoms with van der Waals surface area (Å²) in [6, 6.07) is 14.5. The van der Waals surface area contributed by atoms with Crippen LogP contribution in [-0.2, 0) is 6.54 Å². The predicted octanol–water partition coefficient (Wildman–Crippen LogP) is 4.93. The number of rotatable bonds is 5. The third-order valence-corrected chi connectivity index (χ3v) is 6.11. The Morgan fingerprint density at radius 2 is 1.59 bits per heavy atom. The van der Waals surface area contributed by atoms with Crippen molar-refractivity contribution in [1.82, 2.24) is 9.47 Å². The van der Waals surface area contributed by atoms with Gasteiger partial charge in [0.05, 0.1) is 27.4 Å². The molecule has 1 atom stereocenters. The lowest BCUT2D eigenvalue weighted by Crippen LogP contribution is -2.44. The first-order valence-electron chi connectivity index (χ1n) is 10.6. The van der Waals surface area contributed by atoms with Crippen molar-refractivity contribution in [3.63, 3.8) is 0 Å². The monoisotopic (exact) mass is 451 g/mol. The molecule has 2 aromatic carbocycles. The summed E-state index contributed by atoms with van der Waals surface area (Å²) in [5.74, 6) is 1.82. The van der Waals surface area contributed by atoms with E-state index in [1.165, 1.54) is 11.1 Å². The Balaban J connectivity index is 1.76. The van der Waals surface area contributed by atoms with Crippen LogP contribution in [0.3, 0.4) is 0 Å². The van der Waals surface area contributed by atoms with Gasteiger partial charge in [-0.25, -0.2) is 0 Å². The first-order valence-corrected chi connectivity index (χ1v) is 11.0. The highest BCUT2D eigenvalue weighted by Crippen LogP contribution is 2.43. The molecule has 32 heavy (non-hydrogen) atoms. The summed E-state index contributed by atoms with van der Waals surface area (Å²) >= 11 is 5.91. The Morgan fingerprint density at radius 1 is 0.938 bits per heavy atom. The predicted molar refractivity (Wildman–Crippen MR) is 131 cm³/mol. The van der Waals surface area contributed by atoms with Crippen molar-refractivity contribution in [2.24, 2.45) is 0 Å². The molecule has 0 saturated heterocycles. The van der Waals surface area contributed by atoms with Crippen LogP contribution in [-0.4, -0.2) is 42.5 Å². The number of ether oxygens (including phenoxy) is 3. The SMILES string of the molecule is COc1cc(C2c3cccn3CCN2C(=S)Nc2cc(C)cc(C)c2)cc(OC)c1OC. The maximum absolute atomic E-state index is 5.91. The normalized spacial score (nSPS) is 15.2. The van der Waals surface area contributed by atoms with Gasteiger partial charge in [0, 0.05) is 30.7 Å². The number of thiocarbonyl (C=S) groups is 1. The van der Waals surface area contributed by atoms with Crippen molar-refractivity contribution in [3.8, 4) is 17.2 Å². The Labute approximate surface area is 194 Å². The van der Waals surface area contributed by atoms with E-state index in [1.54, 1.807) is 21.3 Å². The van der Waals surface area contributed by atoms with Gasteiger partial charge in [-0.3, -0.25) is 0 Å². The molecule has 0 bridgehead atoms. The largest absolute Gasteiger partial charge is 0.493 e. The fourth-order valence-corrected chi connectivity index (χ4v) is 4.77. The minimum Gasteiger partial charge on any atom is -0.493 e. The molecule has 1 N–H and O–H groups in total. The zero-order chi connectivity index (χ0) is 22.8. The van der Waals surface area contributed by atoms with Crippen molar-refractivity contribution >= 4 is 23.0 Å². The summed E-state index contributed by atoms with van der Waals surface area (Å²) in [4.78, 5) is 2.23. The van der Waals surface area contributed by atoms with E-state index in [0.717, 1.165) is 30.0 Å². The number of nitrogens with one attached hydrogen (secondary N) is 1. The van der Waals surface area contributed by atoms with Crippen LogP contribution in [0.4, 0.5) is 5.69 Å². The van der Waals surface area contributed by atoms with Crippen LogP contribution in [0.2, 0.25) is 0 Å². The number of benzene rings is 2. The molecule has 168 valence electrons. The van der Waals surface area contributed by atoms with Gasteiger partial charge in [-0.05, 0) is 79.2 Å². The topological polar surface area (TPSA) is 47.9 Å². The van der Waals surface area contributed by atoms with E-state index in [4.69, 9.17) is 26.4 Å². The van der Waals surface area contributed by atoms with Crippen LogP contribution in [0.25, 0.3) is 0 Å². The zero-order valence-corrected chi connectivity index (χ0v) is 20.0. The van der Waals surface area contributed by atoms with Gasteiger partial charge in [0.15, 0.2) is 16.6 Å². The quantitative estimate of drug-likeness (QED) is 0.555. The summed E-state index contributed by atoms with van der Waals surface area (Å²) in [5, 5.41) is 4.14. The van der Waals surface area contributed by atoms with Crippen molar-refractivity contribution in [1.29, 1.82) is 0 Å². The summed E-state index contributed by atoms with van der Waals surface area (Å²) in [7, 11) is 4.88. The molecule has 0 aliphatic carbocycles. The van der Waals surface area contributed by atoms with Crippen molar-refractivity contribution in [2.45, 2.75) is 26.4 Å². The van der Waals surface area contributed by atoms with Crippen molar-refractivity contribution in [3.05, 3.63) is 71.0 Å². The minimum atomic E-state index is -0.0987. The molecule has 0 fully saturated rings. The van der Waals surface area contributed by atoms with Crippen LogP contribution in [0.15, 0.2) is 48.7 Å². The molecule has 1 unspecified atom stereocenters. The smallest absolute Gasteiger partial charge is 0.203 e. The molecule has 7 heteroatoms. The van der Waals surface area contributed by atoms with Gasteiger partial charge in [-0.1, -0.05) is 6.07 Å². The van der Waals surface area contributed by atoms with Gasteiger partial charge < -0.3 is 29.0 Å². The van der Waals surface area contributed by atoms with Crippen molar-refractivity contribution < 1.29 is 14.2 Å². The average Bonchev–Trinajstić information content (AvgIpc) is 3.25. The number of aryl methyl sites for hydroxylation is 2. The maximum Gasteiger partial charge on any atom is 0.203 e. The Hall–Kier alpha value is -3.19. The first-order chi connectivity index (χ1) is 15.4. The lowest BCUT2D eigenvalue weighted by atomic mass is 9.99. The molecule has 0 saturated carbocycles. The maximum atomic E-state index is 5.91. The van der Waals surface area contributed by atoms with Crippen LogP contribution in [0.5, 0.6) is 17.2 Å². The van der Waals surface area contributed by atoms with E-state index < -0.39 is 0 Å². The molecular formula is C25H29N3O3S. The number of methoxy groups -OCH3 is 3. The molecule has 0 spiro atoms. The van der Waals surface area contributed by atoms with Crippen molar-refractivity contribution in [2.75, 3.05) is 33.2 Å². The fourth-order valence-electron chi connectivity index (χ4n) is 4.45. The van der Waals surface area contributed by atoms with Crippen LogP contribution in [0.1, 0.15) is 28.4 Å². The van der Waals surface area contributed by atoms with E-state index in [1.807, 2.05) is 12.1 Å². The van der Waals surface area contributed by atoms with Gasteiger partial charge in [0.25, 0.3) is 0 Å². The second-order valence-corrected chi connectivity index (χ2v) is 8.37. The molecule has 6 nitrogen and oxygen atoms in total. The molecule has 0 radical (unpaired) electrons. The van der Waals surface area contributed by atoms with E-state index >= 15 is 0 Å². The van der Waals surface area contributed by atoms with Gasteiger partial charge >= 0.3 is 0 Å². The second kappa shape index (κ2) is 9.12. The minimum absolute atomic E-state index is 0.0987. The molecule has 1 aromatic heterocycles. The highest BCUT2D eigenvalue weighted by Gasteiger charge is 2.32. The molecule has 3 aromatic rings. The van der Waals surface area contributed by atoms with Gasteiger partial charge in [-0.15, -0.1) is 0 Å². The molecule has 0 amide bonds. The summed E-state index contributed by atoms with van der Waals surface area (Å²) in [5.41, 5.74) is 5.57. The van der Waals surface area contributed by atoms with Crippen LogP contribution >= 0.6 is 12.2 Å². The van der Waals surface area contributed by atoms with E-state index in [2.05, 4.69) is 65.2 Å². The Bertz CT molecular complexity index is 1100. The first kappa shape index (κ1) is 22.0. The summed E-state index contributed by atoms with van der Waals surface area (Å²) in [6.07, 6.45) is 2.11. The second-order valence-electron chi connectivity index (χ2n) is 7.99. The highest BCUT2D eigenvalue weighted by atomic mass is 32.1. The summed E-state index contributed by atoms with van der Waals surface area (Å²) in [6.45, 7) is 5.82. The lowest BCUT2D eigenvalue weighted by molar-refractivity contribution is 0.288. The van der Waals surface area contributed by atoms with Crippen LogP contribution < -0.4 is 19.5 Å². The third-order valence-electron chi connectivity index (χ3n) is 5.77. The van der Waals surface area contributed by atoms with Gasteiger partial charge in [0.2, 0.25) is 5.75 Å². The molecule has 1 aliphatic heterocycles. The lowest BCUT2D eigenvalue weighted by Gasteiger charge is -2.39. The number of fused-ring (bicyclic) bond motifs is 1. The molecular weight excluding hydrogens is 422 g/mol. The number of hydrogen-bond acceptors (Lipinski definition) is 4. The number of hydrogen-bond donors (Lipinski definition) is 1. The highest BCUT2D eigenvalue weighted by molar-refractivity contribution is 7.80. The number of nitrogens with zero attached hydrogens (tertiary/aromatic N) is 2. The molecule has 4 rings (SSSR count). The van der Waals surface area contributed by atoms with E-state index in [9.17, 15) is 0 Å². The van der Waals surface area contributed by atoms with Crippen LogP contribution in [0, 0.1) is 13.8 Å². The van der Waals surface area contributed by atoms with Gasteiger partial charge in [-0.2, -0.15) is 0 Å². The standard InChI is InChI=1S/C25H29N3O3S/c1-16-11-17(2)13-19(12-16)26-25(32)28-10-9-27-8-6-7-20(27)23(28)18-14-21(29-3)24(31-5)22(15-18)30-4/h6-8,11-15,23H,9-10H2,1-5H3,(H,26,32). The van der Waals surface area contributed by atoms with Gasteiger partial charge in [0.1, 0.15) is 0 Å². The third kappa shape index (κ3) is 4.12. The number of anilines is 1. The summed E-state index contributed by atoms with van der Waals surface area (Å²) < 4.78 is 19.0. The fraction of sp³-hybridized carbons (Fsp3) is 0.320. The van der Waals surface area contributed by atoms with E-state index in [-0.39, 0.29) is 6.04 Å². The molecule has 2 heterocycles. The Morgan fingerprint density at radius 3 is 2.19 bits per heavy atom. The Kier molecular flexibility index (Phi) is 6.28. The van der Waals surface area contributed by atoms with E-state index in [0.29, 0.717) is 22.4 Å². The average molecular weight is 452 g/mol. The zero-order valence-electron chi connectivity index (χ0n) is 19.1. The molecule has 1 aliphatic rings. The number of aromatic nitrogens is 1.